The summed E-state index contributed by atoms with van der Waals surface area (Å²) in [6, 6.07) is 0. The van der Waals surface area contributed by atoms with Crippen LogP contribution in [0.25, 0.3) is 0 Å². The molecule has 3 heterocycles. The van der Waals surface area contributed by atoms with Crippen molar-refractivity contribution < 1.29 is 28.5 Å². The van der Waals surface area contributed by atoms with Gasteiger partial charge in [-0.3, -0.25) is 20.0 Å². The average molecular weight is 615 g/mol. The summed E-state index contributed by atoms with van der Waals surface area (Å²) in [5.74, 6) is -1.96. The third-order valence-corrected chi connectivity index (χ3v) is 6.98. The lowest BCUT2D eigenvalue weighted by atomic mass is 10.1. The molecular formula is C27H47ClN8O6. The monoisotopic (exact) mass is 614 g/mol. The first kappa shape index (κ1) is 34.2. The van der Waals surface area contributed by atoms with Crippen LogP contribution in [-0.4, -0.2) is 103 Å². The van der Waals surface area contributed by atoms with Gasteiger partial charge in [-0.25, -0.2) is 9.97 Å². The quantitative estimate of drug-likeness (QED) is 0.120. The number of carbonyl (C=O) groups excluding carboxylic acids is 1. The molecule has 15 heteroatoms. The molecule has 7 N–H and O–H groups in total. The van der Waals surface area contributed by atoms with Crippen molar-refractivity contribution in [1.29, 1.82) is 0 Å². The van der Waals surface area contributed by atoms with Crippen LogP contribution in [0.4, 0.5) is 11.6 Å². The number of hydrogen-bond donors (Lipinski definition) is 4. The lowest BCUT2D eigenvalue weighted by Gasteiger charge is -2.28. The second-order valence-corrected chi connectivity index (χ2v) is 11.8. The molecule has 0 saturated carbocycles. The van der Waals surface area contributed by atoms with Gasteiger partial charge in [0.2, 0.25) is 0 Å². The highest BCUT2D eigenvalue weighted by Gasteiger charge is 2.36. The molecule has 2 atom stereocenters. The zero-order valence-electron chi connectivity index (χ0n) is 25.2. The van der Waals surface area contributed by atoms with Crippen LogP contribution in [0.15, 0.2) is 4.99 Å². The number of rotatable bonds is 16. The second-order valence-electron chi connectivity index (χ2n) is 11.4. The Hall–Kier alpha value is -2.33. The Morgan fingerprint density at radius 3 is 2.17 bits per heavy atom. The van der Waals surface area contributed by atoms with Gasteiger partial charge in [0.25, 0.3) is 5.91 Å². The van der Waals surface area contributed by atoms with E-state index in [4.69, 9.17) is 52.5 Å². The Morgan fingerprint density at radius 1 is 0.976 bits per heavy atom. The lowest BCUT2D eigenvalue weighted by Crippen LogP contribution is -2.42. The zero-order valence-corrected chi connectivity index (χ0v) is 26.0. The fourth-order valence-corrected chi connectivity index (χ4v) is 4.83. The second kappa shape index (κ2) is 15.9. The molecule has 0 spiro atoms. The van der Waals surface area contributed by atoms with Crippen molar-refractivity contribution in [3.63, 3.8) is 0 Å². The number of unbranched alkanes of at least 4 members (excludes halogenated alkanes) is 4. The third kappa shape index (κ3) is 11.7. The Labute approximate surface area is 253 Å². The van der Waals surface area contributed by atoms with E-state index in [1.807, 2.05) is 27.7 Å². The van der Waals surface area contributed by atoms with Crippen molar-refractivity contribution in [2.45, 2.75) is 83.6 Å². The molecule has 238 valence electrons. The fourth-order valence-electron chi connectivity index (χ4n) is 4.70. The number of nitrogen functional groups attached to an aromatic ring is 2. The first-order valence-corrected chi connectivity index (χ1v) is 14.8. The van der Waals surface area contributed by atoms with Gasteiger partial charge in [-0.2, -0.15) is 0 Å². The molecule has 0 aromatic carbocycles. The van der Waals surface area contributed by atoms with E-state index in [-0.39, 0.29) is 40.7 Å². The molecule has 1 unspecified atom stereocenters. The van der Waals surface area contributed by atoms with E-state index >= 15 is 0 Å². The molecule has 42 heavy (non-hydrogen) atoms. The summed E-state index contributed by atoms with van der Waals surface area (Å²) in [5.41, 5.74) is 16.8. The number of aliphatic imine (C=N–C) groups is 1. The Morgan fingerprint density at radius 2 is 1.57 bits per heavy atom. The number of nitrogens with two attached hydrogens (primary N) is 3. The maximum atomic E-state index is 12.3. The highest BCUT2D eigenvalue weighted by Crippen LogP contribution is 2.25. The highest BCUT2D eigenvalue weighted by molar-refractivity contribution is 6.31. The number of guanidine groups is 1. The van der Waals surface area contributed by atoms with Crippen molar-refractivity contribution in [2.75, 3.05) is 64.1 Å². The van der Waals surface area contributed by atoms with E-state index in [1.165, 1.54) is 0 Å². The van der Waals surface area contributed by atoms with Crippen molar-refractivity contribution in [3.8, 4) is 0 Å². The average Bonchev–Trinajstić information content (AvgIpc) is 3.43. The van der Waals surface area contributed by atoms with Gasteiger partial charge >= 0.3 is 0 Å². The SMILES string of the molecule is CC1(C)OCC(CN(CCOCCCCCCCN=C(N)NC(=O)c2nc(Cl)c(N)nc2N)C[C@H]2COC(C)(C)O2)O1. The van der Waals surface area contributed by atoms with Gasteiger partial charge in [-0.1, -0.05) is 30.9 Å². The Bertz CT molecular complexity index is 1030. The van der Waals surface area contributed by atoms with Gasteiger partial charge in [0.05, 0.1) is 32.0 Å². The fraction of sp³-hybridized carbons (Fsp3) is 0.778. The van der Waals surface area contributed by atoms with Crippen molar-refractivity contribution in [2.24, 2.45) is 10.7 Å². The summed E-state index contributed by atoms with van der Waals surface area (Å²) in [5, 5.41) is 2.32. The molecule has 1 amide bonds. The maximum absolute atomic E-state index is 12.3. The summed E-state index contributed by atoms with van der Waals surface area (Å²) < 4.78 is 29.4. The normalized spacial score (nSPS) is 21.7. The summed E-state index contributed by atoms with van der Waals surface area (Å²) in [4.78, 5) is 26.4. The van der Waals surface area contributed by atoms with Crippen LogP contribution in [0, 0.1) is 0 Å². The topological polar surface area (TPSA) is 195 Å². The number of nitrogens with one attached hydrogen (secondary N) is 1. The summed E-state index contributed by atoms with van der Waals surface area (Å²) >= 11 is 5.81. The molecule has 2 aliphatic rings. The number of ether oxygens (including phenoxy) is 5. The standard InChI is InChI=1S/C27H47ClN8O6/c1-26(2)39-16-18(41-26)14-36(15-19-17-40-27(3,4)42-19)11-13-38-12-9-7-5-6-8-10-32-25(31)35-24(37)20-22(29)34-23(30)21(28)33-20/h18-19H,5-17H2,1-4H3,(H4,29,30,34)(H3,31,32,35,37)/t18-,19?/m0/s1. The number of carbonyl (C=O) groups is 1. The van der Waals surface area contributed by atoms with Crippen LogP contribution < -0.4 is 22.5 Å². The molecule has 0 radical (unpaired) electrons. The molecule has 2 aliphatic heterocycles. The van der Waals surface area contributed by atoms with Gasteiger partial charge in [0.15, 0.2) is 40.0 Å². The minimum Gasteiger partial charge on any atom is -0.382 e. The molecule has 0 aliphatic carbocycles. The smallest absolute Gasteiger partial charge is 0.280 e. The Kier molecular flexibility index (Phi) is 13.0. The van der Waals surface area contributed by atoms with Gasteiger partial charge in [0.1, 0.15) is 0 Å². The minimum atomic E-state index is -0.652. The predicted molar refractivity (Wildman–Crippen MR) is 160 cm³/mol. The highest BCUT2D eigenvalue weighted by atomic mass is 35.5. The van der Waals surface area contributed by atoms with E-state index in [1.54, 1.807) is 0 Å². The molecule has 3 rings (SSSR count). The molecule has 1 aromatic heterocycles. The van der Waals surface area contributed by atoms with E-state index in [0.29, 0.717) is 33.0 Å². The maximum Gasteiger partial charge on any atom is 0.280 e. The largest absolute Gasteiger partial charge is 0.382 e. The van der Waals surface area contributed by atoms with Gasteiger partial charge in [0, 0.05) is 32.8 Å². The zero-order chi connectivity index (χ0) is 30.8. The molecule has 1 aromatic rings. The van der Waals surface area contributed by atoms with E-state index < -0.39 is 17.5 Å². The first-order chi connectivity index (χ1) is 19.8. The molecule has 14 nitrogen and oxygen atoms in total. The molecule has 2 fully saturated rings. The number of nitrogens with zero attached hydrogens (tertiary/aromatic N) is 4. The number of amides is 1. The van der Waals surface area contributed by atoms with Crippen LogP contribution >= 0.6 is 11.6 Å². The third-order valence-electron chi connectivity index (χ3n) is 6.70. The molecule has 2 saturated heterocycles. The number of hydrogen-bond acceptors (Lipinski definition) is 12. The van der Waals surface area contributed by atoms with E-state index in [2.05, 4.69) is 25.2 Å². The van der Waals surface area contributed by atoms with Gasteiger partial charge < -0.3 is 40.9 Å². The van der Waals surface area contributed by atoms with Crippen molar-refractivity contribution in [3.05, 3.63) is 10.8 Å². The molecular weight excluding hydrogens is 568 g/mol. The number of aromatic nitrogens is 2. The summed E-state index contributed by atoms with van der Waals surface area (Å²) in [6.45, 7) is 13.0. The van der Waals surface area contributed by atoms with Crippen molar-refractivity contribution >= 4 is 35.1 Å². The minimum absolute atomic E-state index is 0.0159. The lowest BCUT2D eigenvalue weighted by molar-refractivity contribution is -0.145. The summed E-state index contributed by atoms with van der Waals surface area (Å²) in [6.07, 6.45) is 4.95. The summed E-state index contributed by atoms with van der Waals surface area (Å²) in [7, 11) is 0. The Balaban J connectivity index is 1.25. The first-order valence-electron chi connectivity index (χ1n) is 14.5. The van der Waals surface area contributed by atoms with E-state index in [9.17, 15) is 4.79 Å². The van der Waals surface area contributed by atoms with Crippen LogP contribution in [0.5, 0.6) is 0 Å². The van der Waals surface area contributed by atoms with Gasteiger partial charge in [-0.05, 0) is 40.5 Å². The number of halogens is 1. The predicted octanol–water partition coefficient (Wildman–Crippen LogP) is 1.91. The van der Waals surface area contributed by atoms with Crippen LogP contribution in [0.2, 0.25) is 5.15 Å². The van der Waals surface area contributed by atoms with E-state index in [0.717, 1.165) is 51.7 Å². The number of anilines is 2. The van der Waals surface area contributed by atoms with Crippen LogP contribution in [0.1, 0.15) is 70.3 Å². The van der Waals surface area contributed by atoms with Crippen LogP contribution in [-0.2, 0) is 23.7 Å². The van der Waals surface area contributed by atoms with Gasteiger partial charge in [-0.15, -0.1) is 0 Å². The van der Waals surface area contributed by atoms with Crippen molar-refractivity contribution in [1.82, 2.24) is 20.2 Å². The van der Waals surface area contributed by atoms with Crippen LogP contribution in [0.3, 0.4) is 0 Å². The molecule has 0 bridgehead atoms.